The van der Waals surface area contributed by atoms with Crippen LogP contribution in [0.1, 0.15) is 22.7 Å². The van der Waals surface area contributed by atoms with Crippen LogP contribution in [0, 0.1) is 0 Å². The summed E-state index contributed by atoms with van der Waals surface area (Å²) in [6, 6.07) is 20.9. The molecule has 1 aliphatic rings. The number of aliphatic hydroxyl groups is 1. The van der Waals surface area contributed by atoms with Crippen molar-refractivity contribution in [1.29, 1.82) is 0 Å². The Morgan fingerprint density at radius 1 is 1.06 bits per heavy atom. The first-order chi connectivity index (χ1) is 17.0. The second kappa shape index (κ2) is 9.31. The summed E-state index contributed by atoms with van der Waals surface area (Å²) in [7, 11) is 1.62. The highest BCUT2D eigenvalue weighted by atomic mass is 35.5. The molecule has 1 atom stereocenters. The lowest BCUT2D eigenvalue weighted by atomic mass is 9.95. The Hall–Kier alpha value is -4.03. The van der Waals surface area contributed by atoms with E-state index < -0.39 is 17.7 Å². The number of nitrogens with one attached hydrogen (secondary N) is 1. The van der Waals surface area contributed by atoms with Gasteiger partial charge < -0.3 is 19.7 Å². The molecule has 7 heteroatoms. The van der Waals surface area contributed by atoms with Crippen molar-refractivity contribution in [3.05, 3.63) is 106 Å². The molecule has 1 aliphatic heterocycles. The van der Waals surface area contributed by atoms with Crippen molar-refractivity contribution in [2.24, 2.45) is 0 Å². The first kappa shape index (κ1) is 22.7. The number of aliphatic hydroxyl groups excluding tert-OH is 1. The van der Waals surface area contributed by atoms with E-state index in [9.17, 15) is 14.7 Å². The molecule has 0 saturated carbocycles. The zero-order chi connectivity index (χ0) is 24.5. The molecule has 0 unspecified atom stereocenters. The quantitative estimate of drug-likeness (QED) is 0.214. The summed E-state index contributed by atoms with van der Waals surface area (Å²) in [5.41, 5.74) is 3.22. The minimum Gasteiger partial charge on any atom is -0.507 e. The summed E-state index contributed by atoms with van der Waals surface area (Å²) in [5, 5.41) is 12.6. The van der Waals surface area contributed by atoms with E-state index >= 15 is 0 Å². The van der Waals surface area contributed by atoms with E-state index in [1.807, 2.05) is 54.7 Å². The lowest BCUT2D eigenvalue weighted by Gasteiger charge is -2.25. The number of ether oxygens (including phenoxy) is 1. The van der Waals surface area contributed by atoms with Crippen LogP contribution in [0.2, 0.25) is 5.02 Å². The van der Waals surface area contributed by atoms with E-state index in [2.05, 4.69) is 4.98 Å². The first-order valence-corrected chi connectivity index (χ1v) is 11.6. The molecule has 1 aromatic heterocycles. The maximum absolute atomic E-state index is 13.2. The molecular formula is C28H23ClN2O4. The number of carbonyl (C=O) groups is 2. The summed E-state index contributed by atoms with van der Waals surface area (Å²) in [5.74, 6) is -0.807. The van der Waals surface area contributed by atoms with Crippen LogP contribution < -0.4 is 4.74 Å². The highest BCUT2D eigenvalue weighted by Crippen LogP contribution is 2.39. The molecule has 2 N–H and O–H groups in total. The highest BCUT2D eigenvalue weighted by molar-refractivity contribution is 6.46. The summed E-state index contributed by atoms with van der Waals surface area (Å²) < 4.78 is 5.36. The Bertz CT molecular complexity index is 1440. The number of hydrogen-bond donors (Lipinski definition) is 2. The van der Waals surface area contributed by atoms with Gasteiger partial charge in [0.25, 0.3) is 11.7 Å². The van der Waals surface area contributed by atoms with Gasteiger partial charge in [0, 0.05) is 34.2 Å². The van der Waals surface area contributed by atoms with E-state index in [0.29, 0.717) is 23.6 Å². The van der Waals surface area contributed by atoms with Crippen molar-refractivity contribution in [3.63, 3.8) is 0 Å². The molecule has 1 amide bonds. The average molecular weight is 487 g/mol. The minimum atomic E-state index is -0.702. The van der Waals surface area contributed by atoms with Crippen LogP contribution >= 0.6 is 11.6 Å². The van der Waals surface area contributed by atoms with Crippen LogP contribution in [0.3, 0.4) is 0 Å². The SMILES string of the molecule is COc1ccc2[nH]cc(CCN3C(=O)C(=O)C(=C(O)c4ccc(Cl)cc4)[C@H]3c3ccccc3)c2c1. The van der Waals surface area contributed by atoms with Gasteiger partial charge in [0.15, 0.2) is 0 Å². The number of ketones is 1. The molecule has 6 nitrogen and oxygen atoms in total. The largest absolute Gasteiger partial charge is 0.507 e. The number of fused-ring (bicyclic) bond motifs is 1. The maximum atomic E-state index is 13.2. The minimum absolute atomic E-state index is 0.0733. The lowest BCUT2D eigenvalue weighted by molar-refractivity contribution is -0.139. The number of hydrogen-bond acceptors (Lipinski definition) is 4. The van der Waals surface area contributed by atoms with Crippen molar-refractivity contribution >= 4 is 40.0 Å². The number of amides is 1. The second-order valence-corrected chi connectivity index (χ2v) is 8.82. The molecule has 5 rings (SSSR count). The van der Waals surface area contributed by atoms with Crippen LogP contribution in [-0.4, -0.2) is 40.3 Å². The Balaban J connectivity index is 1.54. The smallest absolute Gasteiger partial charge is 0.295 e. The van der Waals surface area contributed by atoms with Crippen molar-refractivity contribution in [2.45, 2.75) is 12.5 Å². The van der Waals surface area contributed by atoms with Crippen molar-refractivity contribution in [3.8, 4) is 5.75 Å². The fourth-order valence-corrected chi connectivity index (χ4v) is 4.71. The fourth-order valence-electron chi connectivity index (χ4n) is 4.59. The fraction of sp³-hybridized carbons (Fsp3) is 0.143. The zero-order valence-electron chi connectivity index (χ0n) is 19.0. The number of benzene rings is 3. The average Bonchev–Trinajstić information content (AvgIpc) is 3.40. The van der Waals surface area contributed by atoms with Gasteiger partial charge in [0.05, 0.1) is 18.7 Å². The van der Waals surface area contributed by atoms with Crippen molar-refractivity contribution < 1.29 is 19.4 Å². The van der Waals surface area contributed by atoms with Gasteiger partial charge in [-0.1, -0.05) is 41.9 Å². The number of nitrogens with zero attached hydrogens (tertiary/aromatic N) is 1. The second-order valence-electron chi connectivity index (χ2n) is 8.39. The normalized spacial score (nSPS) is 17.3. The Labute approximate surface area is 207 Å². The number of methoxy groups -OCH3 is 1. The number of aromatic amines is 1. The molecule has 0 bridgehead atoms. The third-order valence-corrected chi connectivity index (χ3v) is 6.62. The Kier molecular flexibility index (Phi) is 6.05. The van der Waals surface area contributed by atoms with Gasteiger partial charge in [0.1, 0.15) is 11.5 Å². The van der Waals surface area contributed by atoms with Gasteiger partial charge in [-0.15, -0.1) is 0 Å². The molecule has 2 heterocycles. The van der Waals surface area contributed by atoms with Gasteiger partial charge in [-0.05, 0) is 60.0 Å². The summed E-state index contributed by atoms with van der Waals surface area (Å²) >= 11 is 5.99. The van der Waals surface area contributed by atoms with Gasteiger partial charge in [-0.3, -0.25) is 9.59 Å². The topological polar surface area (TPSA) is 82.6 Å². The molecule has 3 aromatic carbocycles. The van der Waals surface area contributed by atoms with E-state index in [-0.39, 0.29) is 11.3 Å². The molecule has 0 aliphatic carbocycles. The molecule has 1 fully saturated rings. The standard InChI is InChI=1S/C28H23ClN2O4/c1-35-21-11-12-23-22(15-21)19(16-30-23)13-14-31-25(17-5-3-2-4-6-17)24(27(33)28(31)34)26(32)18-7-9-20(29)10-8-18/h2-12,15-16,25,30,32H,13-14H2,1H3/t25-/m1/s1. The number of H-pyrrole nitrogens is 1. The van der Waals surface area contributed by atoms with E-state index in [1.54, 1.807) is 31.4 Å². The third-order valence-electron chi connectivity index (χ3n) is 6.37. The van der Waals surface area contributed by atoms with Crippen LogP contribution in [0.5, 0.6) is 5.75 Å². The number of Topliss-reactive ketones (excluding diaryl/α,β-unsaturated/α-hetero) is 1. The van der Waals surface area contributed by atoms with Crippen molar-refractivity contribution in [1.82, 2.24) is 9.88 Å². The summed E-state index contributed by atoms with van der Waals surface area (Å²) in [4.78, 5) is 31.2. The van der Waals surface area contributed by atoms with Crippen LogP contribution in [0.4, 0.5) is 0 Å². The number of carbonyl (C=O) groups excluding carboxylic acids is 2. The number of rotatable bonds is 6. The Morgan fingerprint density at radius 2 is 1.80 bits per heavy atom. The number of aromatic nitrogens is 1. The molecule has 35 heavy (non-hydrogen) atoms. The van der Waals surface area contributed by atoms with Gasteiger partial charge >= 0.3 is 0 Å². The van der Waals surface area contributed by atoms with Gasteiger partial charge in [-0.25, -0.2) is 0 Å². The number of likely N-dealkylation sites (tertiary alicyclic amines) is 1. The van der Waals surface area contributed by atoms with Gasteiger partial charge in [0.2, 0.25) is 0 Å². The van der Waals surface area contributed by atoms with Gasteiger partial charge in [-0.2, -0.15) is 0 Å². The number of halogens is 1. The van der Waals surface area contributed by atoms with Crippen LogP contribution in [-0.2, 0) is 16.0 Å². The maximum Gasteiger partial charge on any atom is 0.295 e. The zero-order valence-corrected chi connectivity index (χ0v) is 19.8. The highest BCUT2D eigenvalue weighted by Gasteiger charge is 2.45. The lowest BCUT2D eigenvalue weighted by Crippen LogP contribution is -2.31. The van der Waals surface area contributed by atoms with Crippen LogP contribution in [0.25, 0.3) is 16.7 Å². The molecule has 4 aromatic rings. The summed E-state index contributed by atoms with van der Waals surface area (Å²) in [6.07, 6.45) is 2.43. The van der Waals surface area contributed by atoms with E-state index in [1.165, 1.54) is 4.90 Å². The third kappa shape index (κ3) is 4.17. The molecule has 0 radical (unpaired) electrons. The predicted octanol–water partition coefficient (Wildman–Crippen LogP) is 5.49. The summed E-state index contributed by atoms with van der Waals surface area (Å²) in [6.45, 7) is 0.297. The molecule has 176 valence electrons. The van der Waals surface area contributed by atoms with E-state index in [4.69, 9.17) is 16.3 Å². The van der Waals surface area contributed by atoms with Crippen molar-refractivity contribution in [2.75, 3.05) is 13.7 Å². The molecule has 0 spiro atoms. The monoisotopic (exact) mass is 486 g/mol. The Morgan fingerprint density at radius 3 is 2.51 bits per heavy atom. The molecule has 1 saturated heterocycles. The first-order valence-electron chi connectivity index (χ1n) is 11.2. The van der Waals surface area contributed by atoms with Crippen LogP contribution in [0.15, 0.2) is 84.6 Å². The van der Waals surface area contributed by atoms with E-state index in [0.717, 1.165) is 27.8 Å². The molecular weight excluding hydrogens is 464 g/mol. The predicted molar refractivity (Wildman–Crippen MR) is 135 cm³/mol.